The van der Waals surface area contributed by atoms with Gasteiger partial charge < -0.3 is 9.64 Å². The summed E-state index contributed by atoms with van der Waals surface area (Å²) in [7, 11) is 3.54. The second kappa shape index (κ2) is 6.42. The number of amides is 1. The van der Waals surface area contributed by atoms with Crippen molar-refractivity contribution in [2.24, 2.45) is 5.92 Å². The number of carbonyl (C=O) groups is 1. The molecule has 1 fully saturated rings. The van der Waals surface area contributed by atoms with E-state index in [4.69, 9.17) is 4.74 Å². The summed E-state index contributed by atoms with van der Waals surface area (Å²) in [5.74, 6) is 1.67. The molecule has 0 bridgehead atoms. The van der Waals surface area contributed by atoms with Gasteiger partial charge in [0.2, 0.25) is 5.91 Å². The van der Waals surface area contributed by atoms with Crippen LogP contribution in [0.4, 0.5) is 0 Å². The lowest BCUT2D eigenvalue weighted by Crippen LogP contribution is -2.38. The zero-order chi connectivity index (χ0) is 13.8. The van der Waals surface area contributed by atoms with E-state index in [0.717, 1.165) is 17.9 Å². The molecule has 1 saturated carbocycles. The van der Waals surface area contributed by atoms with Gasteiger partial charge in [-0.15, -0.1) is 0 Å². The third-order valence-corrected chi connectivity index (χ3v) is 4.40. The van der Waals surface area contributed by atoms with E-state index >= 15 is 0 Å². The normalized spacial score (nSPS) is 21.6. The average molecular weight is 326 g/mol. The van der Waals surface area contributed by atoms with Crippen LogP contribution in [0.2, 0.25) is 0 Å². The van der Waals surface area contributed by atoms with E-state index in [-0.39, 0.29) is 5.91 Å². The molecule has 104 valence electrons. The summed E-state index contributed by atoms with van der Waals surface area (Å²) >= 11 is 3.58. The number of likely N-dealkylation sites (N-methyl/N-ethyl adjacent to an activating group) is 1. The number of halogens is 1. The van der Waals surface area contributed by atoms with Crippen molar-refractivity contribution in [3.8, 4) is 5.75 Å². The largest absolute Gasteiger partial charge is 0.497 e. The first-order valence-corrected chi connectivity index (χ1v) is 7.51. The summed E-state index contributed by atoms with van der Waals surface area (Å²) in [6.07, 6.45) is 2.82. The Labute approximate surface area is 123 Å². The molecule has 0 radical (unpaired) electrons. The Morgan fingerprint density at radius 2 is 2.00 bits per heavy atom. The lowest BCUT2D eigenvalue weighted by molar-refractivity contribution is -0.130. The third kappa shape index (κ3) is 3.96. The second-order valence-electron chi connectivity index (χ2n) is 5.23. The van der Waals surface area contributed by atoms with Crippen molar-refractivity contribution in [2.45, 2.75) is 24.1 Å². The van der Waals surface area contributed by atoms with Crippen LogP contribution in [0.3, 0.4) is 0 Å². The van der Waals surface area contributed by atoms with Crippen LogP contribution in [0.15, 0.2) is 24.3 Å². The second-order valence-corrected chi connectivity index (χ2v) is 6.53. The molecule has 1 aliphatic rings. The van der Waals surface area contributed by atoms with Gasteiger partial charge in [0.15, 0.2) is 0 Å². The number of hydrogen-bond acceptors (Lipinski definition) is 2. The maximum Gasteiger partial charge on any atom is 0.226 e. The van der Waals surface area contributed by atoms with Crippen molar-refractivity contribution in [3.63, 3.8) is 0 Å². The number of hydrogen-bond donors (Lipinski definition) is 0. The van der Waals surface area contributed by atoms with Crippen molar-refractivity contribution in [1.29, 1.82) is 0 Å². The third-order valence-electron chi connectivity index (χ3n) is 3.65. The zero-order valence-electron chi connectivity index (χ0n) is 11.4. The maximum absolute atomic E-state index is 12.1. The number of carbonyl (C=O) groups excluding carboxylic acids is 1. The standard InChI is InChI=1S/C15H20BrNO2/c1-17(10-12-7-13(16)8-12)15(18)9-11-3-5-14(19-2)6-4-11/h3-6,12-13H,7-10H2,1-2H3. The van der Waals surface area contributed by atoms with E-state index in [2.05, 4.69) is 15.9 Å². The van der Waals surface area contributed by atoms with Crippen molar-refractivity contribution < 1.29 is 9.53 Å². The molecular formula is C15H20BrNO2. The van der Waals surface area contributed by atoms with Gasteiger partial charge in [0, 0.05) is 18.4 Å². The summed E-state index contributed by atoms with van der Waals surface area (Å²) in [4.78, 5) is 14.6. The summed E-state index contributed by atoms with van der Waals surface area (Å²) < 4.78 is 5.11. The van der Waals surface area contributed by atoms with Crippen LogP contribution in [0, 0.1) is 5.92 Å². The number of methoxy groups -OCH3 is 1. The molecule has 0 aliphatic heterocycles. The molecule has 0 heterocycles. The molecule has 1 aliphatic carbocycles. The minimum atomic E-state index is 0.184. The van der Waals surface area contributed by atoms with E-state index in [9.17, 15) is 4.79 Å². The fourth-order valence-electron chi connectivity index (χ4n) is 2.35. The minimum Gasteiger partial charge on any atom is -0.497 e. The number of benzene rings is 1. The number of rotatable bonds is 5. The Morgan fingerprint density at radius 1 is 1.37 bits per heavy atom. The molecule has 1 aromatic carbocycles. The van der Waals surface area contributed by atoms with E-state index in [1.165, 1.54) is 12.8 Å². The predicted octanol–water partition coefficient (Wildman–Crippen LogP) is 2.87. The smallest absolute Gasteiger partial charge is 0.226 e. The van der Waals surface area contributed by atoms with Gasteiger partial charge in [-0.05, 0) is 36.5 Å². The fraction of sp³-hybridized carbons (Fsp3) is 0.533. The molecular weight excluding hydrogens is 306 g/mol. The highest BCUT2D eigenvalue weighted by Gasteiger charge is 2.28. The highest BCUT2D eigenvalue weighted by atomic mass is 79.9. The molecule has 0 atom stereocenters. The molecule has 4 heteroatoms. The van der Waals surface area contributed by atoms with E-state index < -0.39 is 0 Å². The molecule has 3 nitrogen and oxygen atoms in total. The van der Waals surface area contributed by atoms with Crippen molar-refractivity contribution in [3.05, 3.63) is 29.8 Å². The van der Waals surface area contributed by atoms with E-state index in [0.29, 0.717) is 17.2 Å². The van der Waals surface area contributed by atoms with Gasteiger partial charge in [-0.3, -0.25) is 4.79 Å². The van der Waals surface area contributed by atoms with Gasteiger partial charge in [-0.25, -0.2) is 0 Å². The summed E-state index contributed by atoms with van der Waals surface area (Å²) in [6, 6.07) is 7.68. The van der Waals surface area contributed by atoms with Crippen LogP contribution in [-0.2, 0) is 11.2 Å². The number of nitrogens with zero attached hydrogens (tertiary/aromatic N) is 1. The molecule has 0 spiro atoms. The molecule has 0 unspecified atom stereocenters. The topological polar surface area (TPSA) is 29.5 Å². The van der Waals surface area contributed by atoms with E-state index in [1.54, 1.807) is 7.11 Å². The molecule has 0 saturated heterocycles. The van der Waals surface area contributed by atoms with Crippen molar-refractivity contribution in [1.82, 2.24) is 4.90 Å². The van der Waals surface area contributed by atoms with Gasteiger partial charge in [-0.2, -0.15) is 0 Å². The first-order valence-electron chi connectivity index (χ1n) is 6.59. The van der Waals surface area contributed by atoms with Crippen molar-refractivity contribution >= 4 is 21.8 Å². The molecule has 1 amide bonds. The average Bonchev–Trinajstić information content (AvgIpc) is 2.37. The molecule has 0 N–H and O–H groups in total. The number of alkyl halides is 1. The van der Waals surface area contributed by atoms with Crippen LogP contribution >= 0.6 is 15.9 Å². The fourth-order valence-corrected chi connectivity index (χ4v) is 3.40. The van der Waals surface area contributed by atoms with E-state index in [1.807, 2.05) is 36.2 Å². The van der Waals surface area contributed by atoms with Crippen LogP contribution in [0.25, 0.3) is 0 Å². The summed E-state index contributed by atoms with van der Waals surface area (Å²) in [5.41, 5.74) is 1.03. The van der Waals surface area contributed by atoms with Crippen LogP contribution in [0.5, 0.6) is 5.75 Å². The molecule has 0 aromatic heterocycles. The quantitative estimate of drug-likeness (QED) is 0.779. The summed E-state index contributed by atoms with van der Waals surface area (Å²) in [5, 5.41) is 0. The number of ether oxygens (including phenoxy) is 1. The highest BCUT2D eigenvalue weighted by Crippen LogP contribution is 2.33. The molecule has 2 rings (SSSR count). The first kappa shape index (κ1) is 14.4. The Hall–Kier alpha value is -1.03. The van der Waals surface area contributed by atoms with Gasteiger partial charge >= 0.3 is 0 Å². The summed E-state index contributed by atoms with van der Waals surface area (Å²) in [6.45, 7) is 0.872. The Morgan fingerprint density at radius 3 is 2.53 bits per heavy atom. The van der Waals surface area contributed by atoms with Crippen LogP contribution in [-0.4, -0.2) is 36.3 Å². The van der Waals surface area contributed by atoms with Gasteiger partial charge in [0.05, 0.1) is 13.5 Å². The monoisotopic (exact) mass is 325 g/mol. The van der Waals surface area contributed by atoms with Crippen molar-refractivity contribution in [2.75, 3.05) is 20.7 Å². The molecule has 1 aromatic rings. The lowest BCUT2D eigenvalue weighted by Gasteiger charge is -2.34. The first-order chi connectivity index (χ1) is 9.08. The Balaban J connectivity index is 1.81. The minimum absolute atomic E-state index is 0.184. The van der Waals surface area contributed by atoms with Crippen LogP contribution < -0.4 is 4.74 Å². The SMILES string of the molecule is COc1ccc(CC(=O)N(C)CC2CC(Br)C2)cc1. The van der Waals surface area contributed by atoms with Crippen LogP contribution in [0.1, 0.15) is 18.4 Å². The highest BCUT2D eigenvalue weighted by molar-refractivity contribution is 9.09. The van der Waals surface area contributed by atoms with Gasteiger partial charge in [0.1, 0.15) is 5.75 Å². The Kier molecular flexibility index (Phi) is 4.86. The molecule has 19 heavy (non-hydrogen) atoms. The maximum atomic E-state index is 12.1. The van der Waals surface area contributed by atoms with Gasteiger partial charge in [-0.1, -0.05) is 28.1 Å². The lowest BCUT2D eigenvalue weighted by atomic mass is 9.85. The zero-order valence-corrected chi connectivity index (χ0v) is 13.0. The van der Waals surface area contributed by atoms with Gasteiger partial charge in [0.25, 0.3) is 0 Å². The predicted molar refractivity (Wildman–Crippen MR) is 79.8 cm³/mol. The Bertz CT molecular complexity index is 426.